The Morgan fingerprint density at radius 2 is 1.67 bits per heavy atom. The Morgan fingerprint density at radius 1 is 1.06 bits per heavy atom. The molecule has 1 aliphatic carbocycles. The highest BCUT2D eigenvalue weighted by atomic mass is 16.2. The van der Waals surface area contributed by atoms with Gasteiger partial charge in [-0.1, -0.05) is 51.6 Å². The van der Waals surface area contributed by atoms with Gasteiger partial charge in [0.2, 0.25) is 0 Å². The number of aromatic amines is 1. The van der Waals surface area contributed by atoms with Crippen LogP contribution in [0.15, 0.2) is 60.0 Å². The lowest BCUT2D eigenvalue weighted by Gasteiger charge is -2.37. The summed E-state index contributed by atoms with van der Waals surface area (Å²) in [4.78, 5) is 32.8. The second-order valence-corrected chi connectivity index (χ2v) is 13.8. The summed E-state index contributed by atoms with van der Waals surface area (Å²) in [5.41, 5.74) is 6.38. The van der Waals surface area contributed by atoms with Gasteiger partial charge in [0.05, 0.1) is 11.5 Å². The van der Waals surface area contributed by atoms with Crippen molar-refractivity contribution >= 4 is 11.6 Å². The molecule has 2 unspecified atom stereocenters. The molecule has 4 rings (SSSR count). The van der Waals surface area contributed by atoms with E-state index in [1.165, 1.54) is 4.68 Å². The molecule has 10 nitrogen and oxygen atoms in total. The van der Waals surface area contributed by atoms with Crippen LogP contribution in [0.1, 0.15) is 84.0 Å². The van der Waals surface area contributed by atoms with E-state index >= 15 is 0 Å². The Balaban J connectivity index is 1.84. The zero-order valence-electron chi connectivity index (χ0n) is 29.9. The molecule has 256 valence electrons. The maximum absolute atomic E-state index is 13.1. The summed E-state index contributed by atoms with van der Waals surface area (Å²) in [5.74, 6) is 0.918. The molecule has 4 atom stereocenters. The van der Waals surface area contributed by atoms with Gasteiger partial charge in [-0.25, -0.2) is 9.48 Å². The number of nitriles is 1. The Kier molecular flexibility index (Phi) is 11.4. The monoisotopic (exact) mass is 652 g/mol. The Labute approximate surface area is 285 Å². The van der Waals surface area contributed by atoms with Gasteiger partial charge in [-0.3, -0.25) is 9.78 Å². The molecular formula is C38H52N8O2. The number of carbonyl (C=O) groups is 1. The van der Waals surface area contributed by atoms with E-state index in [1.54, 1.807) is 26.0 Å². The van der Waals surface area contributed by atoms with Crippen molar-refractivity contribution in [1.29, 1.82) is 5.26 Å². The number of fused-ring (bicyclic) bond motifs is 2. The maximum Gasteiger partial charge on any atom is 0.343 e. The summed E-state index contributed by atoms with van der Waals surface area (Å²) >= 11 is 0. The van der Waals surface area contributed by atoms with Crippen LogP contribution in [-0.2, 0) is 25.3 Å². The third-order valence-electron chi connectivity index (χ3n) is 9.64. The number of amides is 1. The third-order valence-corrected chi connectivity index (χ3v) is 9.64. The van der Waals surface area contributed by atoms with Gasteiger partial charge in [0.25, 0.3) is 5.91 Å². The largest absolute Gasteiger partial charge is 0.378 e. The lowest BCUT2D eigenvalue weighted by molar-refractivity contribution is 0.0827. The molecule has 0 saturated heterocycles. The van der Waals surface area contributed by atoms with E-state index in [1.807, 2.05) is 37.2 Å². The van der Waals surface area contributed by atoms with Crippen LogP contribution in [0.4, 0.5) is 0 Å². The van der Waals surface area contributed by atoms with Gasteiger partial charge in [-0.05, 0) is 84.5 Å². The highest BCUT2D eigenvalue weighted by Gasteiger charge is 2.45. The van der Waals surface area contributed by atoms with Gasteiger partial charge >= 0.3 is 5.69 Å². The minimum absolute atomic E-state index is 0.0639. The SMILES string of the molecule is C=C(CN[C@H](C)CC1(c2nn(C)c(=O)[nH]2)c2ccc(C(=C)N(C)C)cc2CCc2cc(C(=O)N(C)C)ccc21)NC(C#N)C[C@@H](C)CC. The van der Waals surface area contributed by atoms with Crippen molar-refractivity contribution in [2.45, 2.75) is 70.4 Å². The highest BCUT2D eigenvalue weighted by Crippen LogP contribution is 2.47. The van der Waals surface area contributed by atoms with Gasteiger partial charge in [0, 0.05) is 64.8 Å². The zero-order chi connectivity index (χ0) is 35.3. The summed E-state index contributed by atoms with van der Waals surface area (Å²) < 4.78 is 1.34. The summed E-state index contributed by atoms with van der Waals surface area (Å²) in [6.07, 6.45) is 3.77. The van der Waals surface area contributed by atoms with Crippen LogP contribution in [0.5, 0.6) is 0 Å². The second-order valence-electron chi connectivity index (χ2n) is 13.8. The number of nitrogens with one attached hydrogen (secondary N) is 3. The van der Waals surface area contributed by atoms with Crippen molar-refractivity contribution in [1.82, 2.24) is 35.2 Å². The summed E-state index contributed by atoms with van der Waals surface area (Å²) in [6, 6.07) is 14.4. The van der Waals surface area contributed by atoms with Gasteiger partial charge < -0.3 is 20.4 Å². The van der Waals surface area contributed by atoms with Crippen molar-refractivity contribution < 1.29 is 4.79 Å². The number of nitrogens with zero attached hydrogens (tertiary/aromatic N) is 5. The van der Waals surface area contributed by atoms with Crippen molar-refractivity contribution in [2.75, 3.05) is 34.7 Å². The Hall–Kier alpha value is -4.62. The molecule has 0 aliphatic heterocycles. The summed E-state index contributed by atoms with van der Waals surface area (Å²) in [5, 5.41) is 21.5. The van der Waals surface area contributed by atoms with Gasteiger partial charge in [-0.2, -0.15) is 10.4 Å². The van der Waals surface area contributed by atoms with E-state index in [2.05, 4.69) is 73.8 Å². The second kappa shape index (κ2) is 15.1. The van der Waals surface area contributed by atoms with E-state index in [-0.39, 0.29) is 23.7 Å². The van der Waals surface area contributed by atoms with Gasteiger partial charge in [0.1, 0.15) is 11.9 Å². The average Bonchev–Trinajstić information content (AvgIpc) is 3.34. The van der Waals surface area contributed by atoms with E-state index in [9.17, 15) is 14.9 Å². The molecule has 0 fully saturated rings. The van der Waals surface area contributed by atoms with Crippen LogP contribution in [-0.4, -0.2) is 77.3 Å². The molecule has 2 aromatic carbocycles. The minimum Gasteiger partial charge on any atom is -0.378 e. The molecular weight excluding hydrogens is 600 g/mol. The molecule has 1 aromatic heterocycles. The fourth-order valence-corrected chi connectivity index (χ4v) is 6.68. The van der Waals surface area contributed by atoms with Crippen LogP contribution >= 0.6 is 0 Å². The lowest BCUT2D eigenvalue weighted by Crippen LogP contribution is -2.42. The molecule has 3 N–H and O–H groups in total. The van der Waals surface area contributed by atoms with Crippen LogP contribution in [0, 0.1) is 17.2 Å². The Bertz CT molecular complexity index is 1690. The Morgan fingerprint density at radius 3 is 2.19 bits per heavy atom. The smallest absolute Gasteiger partial charge is 0.343 e. The third kappa shape index (κ3) is 7.57. The van der Waals surface area contributed by atoms with Crippen molar-refractivity contribution in [3.63, 3.8) is 0 Å². The molecule has 0 radical (unpaired) electrons. The fourth-order valence-electron chi connectivity index (χ4n) is 6.68. The highest BCUT2D eigenvalue weighted by molar-refractivity contribution is 5.94. The molecule has 1 aliphatic rings. The maximum atomic E-state index is 13.1. The van der Waals surface area contributed by atoms with E-state index in [4.69, 9.17) is 5.10 Å². The molecule has 0 bridgehead atoms. The number of hydrogen-bond donors (Lipinski definition) is 3. The number of rotatable bonds is 14. The number of carbonyl (C=O) groups excluding carboxylic acids is 1. The quantitative estimate of drug-likeness (QED) is 0.233. The zero-order valence-corrected chi connectivity index (χ0v) is 29.9. The molecule has 48 heavy (non-hydrogen) atoms. The first kappa shape index (κ1) is 36.2. The molecule has 1 amide bonds. The van der Waals surface area contributed by atoms with Crippen LogP contribution in [0.3, 0.4) is 0 Å². The van der Waals surface area contributed by atoms with Crippen LogP contribution < -0.4 is 16.3 Å². The topological polar surface area (TPSA) is 122 Å². The number of H-pyrrole nitrogens is 1. The number of aromatic nitrogens is 3. The normalized spacial score (nSPS) is 17.1. The molecule has 0 saturated carbocycles. The van der Waals surface area contributed by atoms with E-state index in [0.29, 0.717) is 36.7 Å². The minimum atomic E-state index is -0.855. The first-order chi connectivity index (χ1) is 22.7. The lowest BCUT2D eigenvalue weighted by atomic mass is 9.67. The molecule has 3 aromatic rings. The van der Waals surface area contributed by atoms with Crippen LogP contribution in [0.25, 0.3) is 5.70 Å². The van der Waals surface area contributed by atoms with Crippen LogP contribution in [0.2, 0.25) is 0 Å². The van der Waals surface area contributed by atoms with E-state index < -0.39 is 5.41 Å². The standard InChI is InChI=1S/C38H52N8O2/c1-11-24(2)18-32(22-39)41-26(4)23-40-25(3)21-38(36-42-37(48)46(10)43-36)33-16-14-28(27(5)44(6)7)19-29(33)12-13-30-20-31(15-17-34(30)38)35(47)45(8)9/h14-17,19-20,24-25,32,40-41H,4-5,11-13,18,21,23H2,1-3,6-10H3,(H,42,43,48)/t24-,25+,32?,38?/m0/s1. The fraction of sp³-hybridized carbons (Fsp3) is 0.474. The van der Waals surface area contributed by atoms with Gasteiger partial charge in [-0.15, -0.1) is 0 Å². The first-order valence-corrected chi connectivity index (χ1v) is 16.8. The van der Waals surface area contributed by atoms with Crippen molar-refractivity contribution in [3.05, 3.63) is 105 Å². The summed E-state index contributed by atoms with van der Waals surface area (Å²) in [7, 11) is 9.13. The van der Waals surface area contributed by atoms with Gasteiger partial charge in [0.15, 0.2) is 0 Å². The van der Waals surface area contributed by atoms with Crippen molar-refractivity contribution in [2.24, 2.45) is 13.0 Å². The summed E-state index contributed by atoms with van der Waals surface area (Å²) in [6.45, 7) is 15.4. The number of aryl methyl sites for hydroxylation is 3. The predicted octanol–water partition coefficient (Wildman–Crippen LogP) is 4.58. The first-order valence-electron chi connectivity index (χ1n) is 16.8. The average molecular weight is 653 g/mol. The van der Waals surface area contributed by atoms with E-state index in [0.717, 1.165) is 58.5 Å². The van der Waals surface area contributed by atoms with Crippen molar-refractivity contribution in [3.8, 4) is 6.07 Å². The number of hydrogen-bond acceptors (Lipinski definition) is 7. The number of benzene rings is 2. The predicted molar refractivity (Wildman–Crippen MR) is 193 cm³/mol. The molecule has 1 heterocycles. The molecule has 10 heteroatoms. The molecule has 0 spiro atoms.